The Morgan fingerprint density at radius 3 is 2.47 bits per heavy atom. The molecule has 1 unspecified atom stereocenters. The number of hydrogen-bond acceptors (Lipinski definition) is 5. The van der Waals surface area contributed by atoms with Crippen molar-refractivity contribution in [2.45, 2.75) is 19.4 Å². The summed E-state index contributed by atoms with van der Waals surface area (Å²) in [6.45, 7) is 1.25. The number of amides is 1. The van der Waals surface area contributed by atoms with Crippen LogP contribution in [0, 0.1) is 0 Å². The van der Waals surface area contributed by atoms with E-state index in [2.05, 4.69) is 15.0 Å². The van der Waals surface area contributed by atoms with Crippen LogP contribution in [0.15, 0.2) is 4.99 Å². The van der Waals surface area contributed by atoms with Crippen LogP contribution < -0.4 is 15.8 Å². The molecule has 0 bridgehead atoms. The lowest BCUT2D eigenvalue weighted by Crippen LogP contribution is -2.42. The molecule has 0 heterocycles. The number of nitrogens with two attached hydrogens (primary N) is 1. The first-order chi connectivity index (χ1) is 8.82. The van der Waals surface area contributed by atoms with Crippen LogP contribution in [0.25, 0.3) is 0 Å². The monoisotopic (exact) mass is 292 g/mol. The van der Waals surface area contributed by atoms with E-state index in [-0.39, 0.29) is 24.7 Å². The molecule has 1 atom stereocenters. The summed E-state index contributed by atoms with van der Waals surface area (Å²) in [5.74, 6) is -2.55. The van der Waals surface area contributed by atoms with E-state index in [1.807, 2.05) is 0 Å². The standard InChI is InChI=1S/C9H16N4O5S/c1-5(14)12-6(8(17)18)4-19-13-9(10)11-3-2-7(15)16/h6H,2-4H2,1H3,(H,12,14)(H,15,16)(H,17,18)(H3,10,11,13). The third-order valence-electron chi connectivity index (χ3n) is 1.71. The molecule has 19 heavy (non-hydrogen) atoms. The number of carboxylic acids is 2. The molecule has 0 radical (unpaired) electrons. The van der Waals surface area contributed by atoms with Gasteiger partial charge in [0.25, 0.3) is 0 Å². The lowest BCUT2D eigenvalue weighted by atomic mass is 10.3. The van der Waals surface area contributed by atoms with Crippen LogP contribution in [0.1, 0.15) is 13.3 Å². The minimum Gasteiger partial charge on any atom is -0.481 e. The largest absolute Gasteiger partial charge is 0.481 e. The van der Waals surface area contributed by atoms with Crippen molar-refractivity contribution in [1.82, 2.24) is 10.0 Å². The number of hydrogen-bond donors (Lipinski definition) is 5. The molecule has 1 amide bonds. The molecule has 9 nitrogen and oxygen atoms in total. The molecule has 0 spiro atoms. The summed E-state index contributed by atoms with van der Waals surface area (Å²) in [7, 11) is 0. The summed E-state index contributed by atoms with van der Waals surface area (Å²) in [5.41, 5.74) is 5.41. The number of carbonyl (C=O) groups excluding carboxylic acids is 1. The fraction of sp³-hybridized carbons (Fsp3) is 0.556. The highest BCUT2D eigenvalue weighted by atomic mass is 32.2. The number of guanidine groups is 1. The van der Waals surface area contributed by atoms with Crippen molar-refractivity contribution in [3.05, 3.63) is 0 Å². The van der Waals surface area contributed by atoms with Crippen LogP contribution in [-0.4, -0.2) is 52.4 Å². The summed E-state index contributed by atoms with van der Waals surface area (Å²) >= 11 is 0.950. The first-order valence-electron chi connectivity index (χ1n) is 5.22. The number of carboxylic acid groups (broad SMARTS) is 2. The highest BCUT2D eigenvalue weighted by Crippen LogP contribution is 1.98. The first-order valence-corrected chi connectivity index (χ1v) is 6.21. The zero-order valence-corrected chi connectivity index (χ0v) is 11.1. The Kier molecular flexibility index (Phi) is 8.09. The normalized spacial score (nSPS) is 12.6. The van der Waals surface area contributed by atoms with Crippen molar-refractivity contribution >= 4 is 35.8 Å². The molecule has 0 aliphatic rings. The summed E-state index contributed by atoms with van der Waals surface area (Å²) < 4.78 is 2.55. The average molecular weight is 292 g/mol. The number of nitrogens with one attached hydrogen (secondary N) is 2. The summed E-state index contributed by atoms with van der Waals surface area (Å²) in [6.07, 6.45) is -0.142. The maximum atomic E-state index is 10.8. The van der Waals surface area contributed by atoms with E-state index in [4.69, 9.17) is 15.9 Å². The molecule has 6 N–H and O–H groups in total. The van der Waals surface area contributed by atoms with Gasteiger partial charge in [0.1, 0.15) is 6.04 Å². The predicted molar refractivity (Wildman–Crippen MR) is 69.6 cm³/mol. The van der Waals surface area contributed by atoms with Gasteiger partial charge in [-0.05, 0) is 11.9 Å². The van der Waals surface area contributed by atoms with E-state index in [0.717, 1.165) is 11.9 Å². The molecule has 108 valence electrons. The van der Waals surface area contributed by atoms with Crippen LogP contribution in [0.3, 0.4) is 0 Å². The molecule has 0 aromatic rings. The lowest BCUT2D eigenvalue weighted by molar-refractivity contribution is -0.140. The smallest absolute Gasteiger partial charge is 0.327 e. The number of rotatable bonds is 8. The fourth-order valence-corrected chi connectivity index (χ4v) is 1.61. The van der Waals surface area contributed by atoms with Gasteiger partial charge in [-0.1, -0.05) is 0 Å². The van der Waals surface area contributed by atoms with Gasteiger partial charge in [0.05, 0.1) is 13.0 Å². The van der Waals surface area contributed by atoms with E-state index in [9.17, 15) is 14.4 Å². The molecule has 0 saturated heterocycles. The fourth-order valence-electron chi connectivity index (χ4n) is 0.923. The van der Waals surface area contributed by atoms with Crippen molar-refractivity contribution in [2.75, 3.05) is 12.3 Å². The molecule has 0 fully saturated rings. The highest BCUT2D eigenvalue weighted by Gasteiger charge is 2.18. The van der Waals surface area contributed by atoms with Crippen molar-refractivity contribution in [2.24, 2.45) is 10.7 Å². The number of carbonyl (C=O) groups is 3. The van der Waals surface area contributed by atoms with E-state index in [1.54, 1.807) is 0 Å². The molecule has 0 aromatic heterocycles. The zero-order valence-electron chi connectivity index (χ0n) is 10.3. The van der Waals surface area contributed by atoms with Crippen LogP contribution in [0.5, 0.6) is 0 Å². The van der Waals surface area contributed by atoms with Gasteiger partial charge in [0, 0.05) is 12.7 Å². The molecule has 0 aliphatic heterocycles. The van der Waals surface area contributed by atoms with E-state index in [0.29, 0.717) is 0 Å². The maximum absolute atomic E-state index is 10.8. The van der Waals surface area contributed by atoms with E-state index < -0.39 is 23.9 Å². The minimum atomic E-state index is -1.16. The maximum Gasteiger partial charge on any atom is 0.327 e. The number of aliphatic carboxylic acids is 2. The average Bonchev–Trinajstić information content (AvgIpc) is 2.26. The van der Waals surface area contributed by atoms with Gasteiger partial charge in [0.2, 0.25) is 5.91 Å². The molecule has 10 heteroatoms. The van der Waals surface area contributed by atoms with Crippen LogP contribution in [-0.2, 0) is 14.4 Å². The van der Waals surface area contributed by atoms with Gasteiger partial charge in [-0.25, -0.2) is 4.79 Å². The lowest BCUT2D eigenvalue weighted by Gasteiger charge is -2.12. The van der Waals surface area contributed by atoms with Crippen LogP contribution in [0.2, 0.25) is 0 Å². The number of aliphatic imine (C=N–C) groups is 1. The van der Waals surface area contributed by atoms with Crippen molar-refractivity contribution in [3.63, 3.8) is 0 Å². The van der Waals surface area contributed by atoms with Gasteiger partial charge in [-0.3, -0.25) is 14.6 Å². The van der Waals surface area contributed by atoms with Gasteiger partial charge >= 0.3 is 11.9 Å². The molecular formula is C9H16N4O5S. The second-order valence-electron chi connectivity index (χ2n) is 3.42. The molecule has 0 aromatic carbocycles. The zero-order chi connectivity index (χ0) is 14.8. The van der Waals surface area contributed by atoms with Crippen LogP contribution >= 0.6 is 11.9 Å². The Morgan fingerprint density at radius 2 is 2.00 bits per heavy atom. The van der Waals surface area contributed by atoms with Crippen molar-refractivity contribution < 1.29 is 24.6 Å². The molecule has 0 aliphatic carbocycles. The second kappa shape index (κ2) is 9.03. The molecule has 0 saturated carbocycles. The van der Waals surface area contributed by atoms with Gasteiger partial charge in [-0.15, -0.1) is 0 Å². The number of nitrogens with zero attached hydrogens (tertiary/aromatic N) is 1. The third-order valence-corrected chi connectivity index (χ3v) is 2.56. The Balaban J connectivity index is 4.00. The Labute approximate surface area is 113 Å². The predicted octanol–water partition coefficient (Wildman–Crippen LogP) is -1.40. The van der Waals surface area contributed by atoms with Crippen molar-refractivity contribution in [1.29, 1.82) is 0 Å². The summed E-state index contributed by atoms with van der Waals surface area (Å²) in [5, 5.41) is 19.4. The Hall–Kier alpha value is -1.97. The minimum absolute atomic E-state index is 0.00165. The Morgan fingerprint density at radius 1 is 1.37 bits per heavy atom. The van der Waals surface area contributed by atoms with E-state index in [1.165, 1.54) is 6.92 Å². The summed E-state index contributed by atoms with van der Waals surface area (Å²) in [4.78, 5) is 35.5. The Bertz CT molecular complexity index is 374. The highest BCUT2D eigenvalue weighted by molar-refractivity contribution is 7.98. The van der Waals surface area contributed by atoms with Gasteiger partial charge < -0.3 is 26.0 Å². The molecule has 0 rings (SSSR count). The van der Waals surface area contributed by atoms with Crippen LogP contribution in [0.4, 0.5) is 0 Å². The quantitative estimate of drug-likeness (QED) is 0.208. The summed E-state index contributed by atoms with van der Waals surface area (Å²) in [6, 6.07) is -1.04. The SMILES string of the molecule is CC(=O)NC(CSNC(N)=NCCC(=O)O)C(=O)O. The van der Waals surface area contributed by atoms with Crippen molar-refractivity contribution in [3.8, 4) is 0 Å². The second-order valence-corrected chi connectivity index (χ2v) is 4.24. The molecular weight excluding hydrogens is 276 g/mol. The topological polar surface area (TPSA) is 154 Å². The van der Waals surface area contributed by atoms with E-state index >= 15 is 0 Å². The van der Waals surface area contributed by atoms with Gasteiger partial charge in [0.15, 0.2) is 5.96 Å². The van der Waals surface area contributed by atoms with Gasteiger partial charge in [-0.2, -0.15) is 0 Å². The third kappa shape index (κ3) is 9.71. The first kappa shape index (κ1) is 17.0.